The van der Waals surface area contributed by atoms with E-state index >= 15 is 0 Å². The van der Waals surface area contributed by atoms with Crippen molar-refractivity contribution >= 4 is 24.0 Å². The predicted octanol–water partition coefficient (Wildman–Crippen LogP) is 3.80. The van der Waals surface area contributed by atoms with Crippen molar-refractivity contribution in [1.82, 2.24) is 4.90 Å². The van der Waals surface area contributed by atoms with E-state index in [0.29, 0.717) is 18.4 Å². The topological polar surface area (TPSA) is 46.3 Å². The number of hydrogen-bond acceptors (Lipinski definition) is 2. The summed E-state index contributed by atoms with van der Waals surface area (Å²) >= 11 is 0. The molecule has 0 radical (unpaired) electrons. The van der Waals surface area contributed by atoms with Crippen LogP contribution in [0.1, 0.15) is 51.0 Å². The highest BCUT2D eigenvalue weighted by molar-refractivity contribution is 5.85. The Balaban J connectivity index is 0.00000220. The number of rotatable bonds is 4. The van der Waals surface area contributed by atoms with Crippen LogP contribution >= 0.6 is 12.4 Å². The summed E-state index contributed by atoms with van der Waals surface area (Å²) in [4.78, 5) is 14.6. The minimum atomic E-state index is 0. The summed E-state index contributed by atoms with van der Waals surface area (Å²) in [6, 6.07) is 8.28. The SMILES string of the molecule is CCC1CCCCCN1C(=O)CCc1ccccc1N.Cl. The minimum Gasteiger partial charge on any atom is -0.399 e. The second-order valence-electron chi connectivity index (χ2n) is 5.70. The van der Waals surface area contributed by atoms with Crippen molar-refractivity contribution in [1.29, 1.82) is 0 Å². The van der Waals surface area contributed by atoms with Gasteiger partial charge < -0.3 is 10.6 Å². The minimum absolute atomic E-state index is 0. The lowest BCUT2D eigenvalue weighted by atomic mass is 10.0. The summed E-state index contributed by atoms with van der Waals surface area (Å²) in [5, 5.41) is 0. The number of hydrogen-bond donors (Lipinski definition) is 1. The molecule has 1 heterocycles. The monoisotopic (exact) mass is 310 g/mol. The number of nitrogen functional groups attached to an aromatic ring is 1. The summed E-state index contributed by atoms with van der Waals surface area (Å²) in [6.07, 6.45) is 7.22. The summed E-state index contributed by atoms with van der Waals surface area (Å²) in [6.45, 7) is 3.12. The quantitative estimate of drug-likeness (QED) is 0.860. The molecule has 2 N–H and O–H groups in total. The number of benzene rings is 1. The van der Waals surface area contributed by atoms with E-state index in [0.717, 1.165) is 43.5 Å². The molecule has 4 heteroatoms. The predicted molar refractivity (Wildman–Crippen MR) is 90.7 cm³/mol. The van der Waals surface area contributed by atoms with Crippen molar-refractivity contribution in [2.45, 2.75) is 57.9 Å². The lowest BCUT2D eigenvalue weighted by molar-refractivity contribution is -0.133. The van der Waals surface area contributed by atoms with E-state index in [9.17, 15) is 4.79 Å². The highest BCUT2D eigenvalue weighted by Crippen LogP contribution is 2.21. The molecule has 1 aliphatic heterocycles. The molecule has 1 unspecified atom stereocenters. The number of aryl methyl sites for hydroxylation is 1. The second-order valence-corrected chi connectivity index (χ2v) is 5.70. The van der Waals surface area contributed by atoms with Gasteiger partial charge in [0.1, 0.15) is 0 Å². The highest BCUT2D eigenvalue weighted by Gasteiger charge is 2.23. The number of nitrogens with two attached hydrogens (primary N) is 1. The Labute approximate surface area is 134 Å². The van der Waals surface area contributed by atoms with Crippen LogP contribution in [0.3, 0.4) is 0 Å². The normalized spacial score (nSPS) is 18.7. The fourth-order valence-electron chi connectivity index (χ4n) is 3.08. The molecular weight excluding hydrogens is 284 g/mol. The van der Waals surface area contributed by atoms with Gasteiger partial charge in [0, 0.05) is 24.7 Å². The Kier molecular flexibility index (Phi) is 7.58. The molecule has 0 aromatic heterocycles. The van der Waals surface area contributed by atoms with Crippen LogP contribution in [0.25, 0.3) is 0 Å². The molecule has 1 aliphatic rings. The van der Waals surface area contributed by atoms with Gasteiger partial charge in [-0.2, -0.15) is 0 Å². The Morgan fingerprint density at radius 2 is 2.05 bits per heavy atom. The van der Waals surface area contributed by atoms with Crippen LogP contribution in [0.15, 0.2) is 24.3 Å². The Bertz CT molecular complexity index is 450. The summed E-state index contributed by atoms with van der Waals surface area (Å²) < 4.78 is 0. The van der Waals surface area contributed by atoms with E-state index in [1.165, 1.54) is 12.8 Å². The van der Waals surface area contributed by atoms with Gasteiger partial charge in [0.2, 0.25) is 5.91 Å². The zero-order valence-corrected chi connectivity index (χ0v) is 13.7. The molecule has 0 aliphatic carbocycles. The molecule has 1 fully saturated rings. The first-order chi connectivity index (χ1) is 9.72. The molecule has 21 heavy (non-hydrogen) atoms. The van der Waals surface area contributed by atoms with Gasteiger partial charge in [-0.1, -0.05) is 38.0 Å². The van der Waals surface area contributed by atoms with E-state index in [2.05, 4.69) is 11.8 Å². The number of amides is 1. The molecule has 2 rings (SSSR count). The van der Waals surface area contributed by atoms with E-state index < -0.39 is 0 Å². The number of likely N-dealkylation sites (tertiary alicyclic amines) is 1. The van der Waals surface area contributed by atoms with E-state index in [1.54, 1.807) is 0 Å². The molecule has 1 amide bonds. The van der Waals surface area contributed by atoms with E-state index in [1.807, 2.05) is 24.3 Å². The van der Waals surface area contributed by atoms with Crippen LogP contribution < -0.4 is 5.73 Å². The molecule has 1 aromatic carbocycles. The summed E-state index contributed by atoms with van der Waals surface area (Å²) in [5.41, 5.74) is 7.82. The maximum Gasteiger partial charge on any atom is 0.223 e. The number of halogens is 1. The lowest BCUT2D eigenvalue weighted by Crippen LogP contribution is -2.39. The highest BCUT2D eigenvalue weighted by atomic mass is 35.5. The van der Waals surface area contributed by atoms with Crippen LogP contribution in [0.2, 0.25) is 0 Å². The molecule has 0 spiro atoms. The van der Waals surface area contributed by atoms with Gasteiger partial charge in [0.05, 0.1) is 0 Å². The molecule has 1 atom stereocenters. The third kappa shape index (κ3) is 4.92. The molecule has 0 saturated carbocycles. The van der Waals surface area contributed by atoms with Crippen molar-refractivity contribution in [3.8, 4) is 0 Å². The second kappa shape index (κ2) is 8.93. The third-order valence-electron chi connectivity index (χ3n) is 4.33. The number of anilines is 1. The van der Waals surface area contributed by atoms with Crippen LogP contribution in [0, 0.1) is 0 Å². The Morgan fingerprint density at radius 3 is 2.76 bits per heavy atom. The van der Waals surface area contributed by atoms with Gasteiger partial charge in [-0.25, -0.2) is 0 Å². The van der Waals surface area contributed by atoms with E-state index in [4.69, 9.17) is 5.73 Å². The number of carbonyl (C=O) groups is 1. The lowest BCUT2D eigenvalue weighted by Gasteiger charge is -2.29. The average Bonchev–Trinajstić information content (AvgIpc) is 2.71. The average molecular weight is 311 g/mol. The van der Waals surface area contributed by atoms with Gasteiger partial charge in [-0.05, 0) is 37.3 Å². The standard InChI is InChI=1S/C17H26N2O.ClH/c1-2-15-9-4-3-7-13-19(15)17(20)12-11-14-8-5-6-10-16(14)18;/h5-6,8,10,15H,2-4,7,9,11-13,18H2,1H3;1H. The van der Waals surface area contributed by atoms with E-state index in [-0.39, 0.29) is 12.4 Å². The zero-order valence-electron chi connectivity index (χ0n) is 12.9. The first-order valence-corrected chi connectivity index (χ1v) is 7.85. The third-order valence-corrected chi connectivity index (χ3v) is 4.33. The van der Waals surface area contributed by atoms with Gasteiger partial charge in [0.25, 0.3) is 0 Å². The van der Waals surface area contributed by atoms with Crippen molar-refractivity contribution in [2.75, 3.05) is 12.3 Å². The summed E-state index contributed by atoms with van der Waals surface area (Å²) in [7, 11) is 0. The van der Waals surface area contributed by atoms with Crippen LogP contribution in [-0.2, 0) is 11.2 Å². The maximum absolute atomic E-state index is 12.5. The van der Waals surface area contributed by atoms with Crippen LogP contribution in [0.5, 0.6) is 0 Å². The fraction of sp³-hybridized carbons (Fsp3) is 0.588. The van der Waals surface area contributed by atoms with Crippen LogP contribution in [0.4, 0.5) is 5.69 Å². The molecular formula is C17H27ClN2O. The van der Waals surface area contributed by atoms with Crippen molar-refractivity contribution in [3.05, 3.63) is 29.8 Å². The zero-order chi connectivity index (χ0) is 14.4. The van der Waals surface area contributed by atoms with Gasteiger partial charge in [-0.15, -0.1) is 12.4 Å². The first kappa shape index (κ1) is 17.8. The Hall–Kier alpha value is -1.22. The van der Waals surface area contributed by atoms with Crippen molar-refractivity contribution in [2.24, 2.45) is 0 Å². The molecule has 3 nitrogen and oxygen atoms in total. The largest absolute Gasteiger partial charge is 0.399 e. The first-order valence-electron chi connectivity index (χ1n) is 7.85. The van der Waals surface area contributed by atoms with Gasteiger partial charge in [-0.3, -0.25) is 4.79 Å². The van der Waals surface area contributed by atoms with Crippen molar-refractivity contribution in [3.63, 3.8) is 0 Å². The number of nitrogens with zero attached hydrogens (tertiary/aromatic N) is 1. The Morgan fingerprint density at radius 1 is 1.29 bits per heavy atom. The molecule has 1 saturated heterocycles. The van der Waals surface area contributed by atoms with Crippen LogP contribution in [-0.4, -0.2) is 23.4 Å². The number of para-hydroxylation sites is 1. The smallest absolute Gasteiger partial charge is 0.223 e. The fourth-order valence-corrected chi connectivity index (χ4v) is 3.08. The molecule has 1 aromatic rings. The number of carbonyl (C=O) groups excluding carboxylic acids is 1. The maximum atomic E-state index is 12.5. The molecule has 118 valence electrons. The van der Waals surface area contributed by atoms with Gasteiger partial charge >= 0.3 is 0 Å². The summed E-state index contributed by atoms with van der Waals surface area (Å²) in [5.74, 6) is 0.294. The van der Waals surface area contributed by atoms with Crippen molar-refractivity contribution < 1.29 is 4.79 Å². The van der Waals surface area contributed by atoms with Gasteiger partial charge in [0.15, 0.2) is 0 Å². The molecule has 0 bridgehead atoms.